The summed E-state index contributed by atoms with van der Waals surface area (Å²) in [5, 5.41) is 8.49. The standard InChI is InChI=1S/C7H5Cl2FO/c8-5-2-1-4(3-11)6(9)7(5)10/h1-2,11H,3H2. The minimum Gasteiger partial charge on any atom is -0.392 e. The van der Waals surface area contributed by atoms with Gasteiger partial charge in [-0.15, -0.1) is 0 Å². The molecular formula is C7H5Cl2FO. The second-order valence-corrected chi connectivity index (χ2v) is 2.78. The number of hydrogen-bond donors (Lipinski definition) is 1. The summed E-state index contributed by atoms with van der Waals surface area (Å²) >= 11 is 10.9. The van der Waals surface area contributed by atoms with Gasteiger partial charge in [-0.1, -0.05) is 29.3 Å². The average molecular weight is 195 g/mol. The van der Waals surface area contributed by atoms with Gasteiger partial charge in [0, 0.05) is 0 Å². The summed E-state index contributed by atoms with van der Waals surface area (Å²) in [6.45, 7) is -0.285. The quantitative estimate of drug-likeness (QED) is 0.682. The highest BCUT2D eigenvalue weighted by molar-refractivity contribution is 6.35. The molecule has 0 heterocycles. The Labute approximate surface area is 73.4 Å². The van der Waals surface area contributed by atoms with Crippen molar-refractivity contribution in [3.63, 3.8) is 0 Å². The third kappa shape index (κ3) is 1.64. The molecule has 0 aliphatic rings. The Hall–Kier alpha value is -0.310. The first-order valence-electron chi connectivity index (χ1n) is 2.90. The van der Waals surface area contributed by atoms with E-state index in [1.165, 1.54) is 12.1 Å². The molecular weight excluding hydrogens is 190 g/mol. The summed E-state index contributed by atoms with van der Waals surface area (Å²) < 4.78 is 12.8. The molecule has 1 aromatic rings. The van der Waals surface area contributed by atoms with Crippen molar-refractivity contribution < 1.29 is 9.50 Å². The molecule has 4 heteroatoms. The lowest BCUT2D eigenvalue weighted by molar-refractivity contribution is 0.281. The number of hydrogen-bond acceptors (Lipinski definition) is 1. The smallest absolute Gasteiger partial charge is 0.160 e. The van der Waals surface area contributed by atoms with Crippen molar-refractivity contribution in [2.45, 2.75) is 6.61 Å². The molecule has 1 rings (SSSR count). The van der Waals surface area contributed by atoms with Gasteiger partial charge in [0.1, 0.15) is 0 Å². The van der Waals surface area contributed by atoms with Gasteiger partial charge in [0.05, 0.1) is 16.7 Å². The number of aliphatic hydroxyl groups is 1. The van der Waals surface area contributed by atoms with E-state index >= 15 is 0 Å². The number of rotatable bonds is 1. The zero-order valence-electron chi connectivity index (χ0n) is 5.44. The summed E-state index contributed by atoms with van der Waals surface area (Å²) in [4.78, 5) is 0. The van der Waals surface area contributed by atoms with Gasteiger partial charge in [0.25, 0.3) is 0 Å². The summed E-state index contributed by atoms with van der Waals surface area (Å²) in [7, 11) is 0. The van der Waals surface area contributed by atoms with Crippen LogP contribution in [0, 0.1) is 5.82 Å². The molecule has 1 aromatic carbocycles. The topological polar surface area (TPSA) is 20.2 Å². The van der Waals surface area contributed by atoms with Crippen LogP contribution in [0.1, 0.15) is 5.56 Å². The molecule has 0 radical (unpaired) electrons. The highest BCUT2D eigenvalue weighted by atomic mass is 35.5. The van der Waals surface area contributed by atoms with E-state index in [1.807, 2.05) is 0 Å². The summed E-state index contributed by atoms with van der Waals surface area (Å²) in [6.07, 6.45) is 0. The Bertz CT molecular complexity index is 275. The van der Waals surface area contributed by atoms with Gasteiger partial charge in [-0.05, 0) is 11.6 Å². The lowest BCUT2D eigenvalue weighted by Crippen LogP contribution is -1.88. The lowest BCUT2D eigenvalue weighted by Gasteiger charge is -2.01. The first kappa shape index (κ1) is 8.78. The van der Waals surface area contributed by atoms with Gasteiger partial charge in [-0.2, -0.15) is 0 Å². The predicted octanol–water partition coefficient (Wildman–Crippen LogP) is 2.62. The van der Waals surface area contributed by atoms with Crippen molar-refractivity contribution in [2.24, 2.45) is 0 Å². The highest BCUT2D eigenvalue weighted by Crippen LogP contribution is 2.25. The highest BCUT2D eigenvalue weighted by Gasteiger charge is 2.08. The zero-order chi connectivity index (χ0) is 8.43. The Morgan fingerprint density at radius 2 is 2.00 bits per heavy atom. The first-order chi connectivity index (χ1) is 5.16. The summed E-state index contributed by atoms with van der Waals surface area (Å²) in [5.41, 5.74) is 0.341. The van der Waals surface area contributed by atoms with Crippen LogP contribution in [0.25, 0.3) is 0 Å². The van der Waals surface area contributed by atoms with E-state index in [4.69, 9.17) is 28.3 Å². The lowest BCUT2D eigenvalue weighted by atomic mass is 10.2. The molecule has 0 aliphatic heterocycles. The molecule has 0 spiro atoms. The second kappa shape index (κ2) is 3.39. The van der Waals surface area contributed by atoms with E-state index in [9.17, 15) is 4.39 Å². The Balaban J connectivity index is 3.25. The molecule has 60 valence electrons. The number of benzene rings is 1. The van der Waals surface area contributed by atoms with Gasteiger partial charge in [0.15, 0.2) is 5.82 Å². The maximum Gasteiger partial charge on any atom is 0.160 e. The predicted molar refractivity (Wildman–Crippen MR) is 42.3 cm³/mol. The SMILES string of the molecule is OCc1ccc(Cl)c(F)c1Cl. The normalized spacial score (nSPS) is 10.2. The molecule has 0 aliphatic carbocycles. The summed E-state index contributed by atoms with van der Waals surface area (Å²) in [6, 6.07) is 2.84. The molecule has 0 aromatic heterocycles. The van der Waals surface area contributed by atoms with Crippen LogP contribution in [-0.4, -0.2) is 5.11 Å². The van der Waals surface area contributed by atoms with Gasteiger partial charge < -0.3 is 5.11 Å². The monoisotopic (exact) mass is 194 g/mol. The first-order valence-corrected chi connectivity index (χ1v) is 3.65. The Morgan fingerprint density at radius 3 is 2.55 bits per heavy atom. The van der Waals surface area contributed by atoms with Crippen LogP contribution < -0.4 is 0 Å². The molecule has 0 saturated heterocycles. The van der Waals surface area contributed by atoms with E-state index in [-0.39, 0.29) is 16.7 Å². The van der Waals surface area contributed by atoms with Crippen molar-refractivity contribution in [3.05, 3.63) is 33.6 Å². The fraction of sp³-hybridized carbons (Fsp3) is 0.143. The van der Waals surface area contributed by atoms with E-state index in [0.717, 1.165) is 0 Å². The van der Waals surface area contributed by atoms with Crippen LogP contribution in [-0.2, 0) is 6.61 Å². The van der Waals surface area contributed by atoms with Gasteiger partial charge >= 0.3 is 0 Å². The van der Waals surface area contributed by atoms with E-state index < -0.39 is 5.82 Å². The molecule has 0 atom stereocenters. The molecule has 11 heavy (non-hydrogen) atoms. The Morgan fingerprint density at radius 1 is 1.36 bits per heavy atom. The third-order valence-electron chi connectivity index (χ3n) is 1.29. The van der Waals surface area contributed by atoms with Gasteiger partial charge in [-0.3, -0.25) is 0 Å². The average Bonchev–Trinajstić information content (AvgIpc) is 2.01. The maximum absolute atomic E-state index is 12.8. The van der Waals surface area contributed by atoms with Crippen molar-refractivity contribution in [1.29, 1.82) is 0 Å². The molecule has 0 saturated carbocycles. The van der Waals surface area contributed by atoms with E-state index in [2.05, 4.69) is 0 Å². The largest absolute Gasteiger partial charge is 0.392 e. The minimum atomic E-state index is -0.681. The van der Waals surface area contributed by atoms with Crippen molar-refractivity contribution in [1.82, 2.24) is 0 Å². The maximum atomic E-state index is 12.8. The van der Waals surface area contributed by atoms with Gasteiger partial charge in [-0.25, -0.2) is 4.39 Å². The third-order valence-corrected chi connectivity index (χ3v) is 1.99. The number of aliphatic hydroxyl groups excluding tert-OH is 1. The van der Waals surface area contributed by atoms with Crippen LogP contribution in [0.3, 0.4) is 0 Å². The molecule has 0 bridgehead atoms. The fourth-order valence-corrected chi connectivity index (χ4v) is 1.12. The molecule has 1 N–H and O–H groups in total. The van der Waals surface area contributed by atoms with Crippen LogP contribution in [0.5, 0.6) is 0 Å². The minimum absolute atomic E-state index is 0.0350. The second-order valence-electron chi connectivity index (χ2n) is 1.99. The van der Waals surface area contributed by atoms with Crippen molar-refractivity contribution >= 4 is 23.2 Å². The van der Waals surface area contributed by atoms with E-state index in [1.54, 1.807) is 0 Å². The summed E-state index contributed by atoms with van der Waals surface area (Å²) in [5.74, 6) is -0.681. The van der Waals surface area contributed by atoms with Crippen molar-refractivity contribution in [3.8, 4) is 0 Å². The Kier molecular flexibility index (Phi) is 2.71. The fourth-order valence-electron chi connectivity index (χ4n) is 0.688. The molecule has 0 unspecified atom stereocenters. The van der Waals surface area contributed by atoms with Crippen LogP contribution in [0.2, 0.25) is 10.0 Å². The van der Waals surface area contributed by atoms with E-state index in [0.29, 0.717) is 5.56 Å². The number of halogens is 3. The molecule has 0 amide bonds. The van der Waals surface area contributed by atoms with Gasteiger partial charge in [0.2, 0.25) is 0 Å². The van der Waals surface area contributed by atoms with Crippen LogP contribution in [0.4, 0.5) is 4.39 Å². The molecule has 1 nitrogen and oxygen atoms in total. The molecule has 0 fully saturated rings. The van der Waals surface area contributed by atoms with Crippen molar-refractivity contribution in [2.75, 3.05) is 0 Å². The zero-order valence-corrected chi connectivity index (χ0v) is 6.95. The van der Waals surface area contributed by atoms with Crippen LogP contribution in [0.15, 0.2) is 12.1 Å². The van der Waals surface area contributed by atoms with Crippen LogP contribution >= 0.6 is 23.2 Å².